The van der Waals surface area contributed by atoms with E-state index < -0.39 is 5.97 Å². The van der Waals surface area contributed by atoms with E-state index in [9.17, 15) is 4.79 Å². The lowest BCUT2D eigenvalue weighted by molar-refractivity contribution is 0.0697. The molecule has 0 amide bonds. The number of hydrogen-bond donors (Lipinski definition) is 2. The van der Waals surface area contributed by atoms with Gasteiger partial charge in [-0.1, -0.05) is 12.1 Å². The van der Waals surface area contributed by atoms with Crippen LogP contribution in [0, 0.1) is 11.3 Å². The van der Waals surface area contributed by atoms with Gasteiger partial charge in [0, 0.05) is 11.4 Å². The number of benzene rings is 2. The molecule has 19 heavy (non-hydrogen) atoms. The van der Waals surface area contributed by atoms with Gasteiger partial charge in [0.25, 0.3) is 0 Å². The highest BCUT2D eigenvalue weighted by Gasteiger charge is 2.01. The summed E-state index contributed by atoms with van der Waals surface area (Å²) >= 11 is 0. The lowest BCUT2D eigenvalue weighted by Crippen LogP contribution is -1.96. The van der Waals surface area contributed by atoms with Gasteiger partial charge in [-0.15, -0.1) is 0 Å². The van der Waals surface area contributed by atoms with Crippen molar-refractivity contribution in [2.45, 2.75) is 6.42 Å². The van der Waals surface area contributed by atoms with E-state index in [0.717, 1.165) is 16.9 Å². The molecule has 0 atom stereocenters. The summed E-state index contributed by atoms with van der Waals surface area (Å²) in [5, 5.41) is 20.5. The molecule has 0 unspecified atom stereocenters. The standard InChI is InChI=1S/C15H12N2O2/c16-10-9-11-1-5-13(6-2-11)17-14-7-3-12(4-8-14)15(18)19/h1-8,17H,9H2,(H,18,19). The molecular weight excluding hydrogens is 240 g/mol. The zero-order valence-corrected chi connectivity index (χ0v) is 10.1. The number of carboxylic acids is 1. The highest BCUT2D eigenvalue weighted by atomic mass is 16.4. The maximum Gasteiger partial charge on any atom is 0.335 e. The van der Waals surface area contributed by atoms with Gasteiger partial charge in [0.05, 0.1) is 18.1 Å². The molecule has 0 radical (unpaired) electrons. The van der Waals surface area contributed by atoms with Crippen LogP contribution in [-0.2, 0) is 6.42 Å². The van der Waals surface area contributed by atoms with E-state index in [1.165, 1.54) is 0 Å². The van der Waals surface area contributed by atoms with Gasteiger partial charge in [-0.05, 0) is 42.0 Å². The van der Waals surface area contributed by atoms with Crippen molar-refractivity contribution < 1.29 is 9.90 Å². The fourth-order valence-corrected chi connectivity index (χ4v) is 1.66. The molecule has 0 saturated carbocycles. The molecule has 0 aliphatic carbocycles. The molecule has 0 fully saturated rings. The van der Waals surface area contributed by atoms with Gasteiger partial charge < -0.3 is 10.4 Å². The van der Waals surface area contributed by atoms with E-state index in [1.54, 1.807) is 24.3 Å². The summed E-state index contributed by atoms with van der Waals surface area (Å²) in [6, 6.07) is 16.2. The van der Waals surface area contributed by atoms with E-state index >= 15 is 0 Å². The minimum absolute atomic E-state index is 0.259. The molecule has 0 aliphatic rings. The summed E-state index contributed by atoms with van der Waals surface area (Å²) in [6.45, 7) is 0. The van der Waals surface area contributed by atoms with Crippen LogP contribution < -0.4 is 5.32 Å². The lowest BCUT2D eigenvalue weighted by atomic mass is 10.1. The van der Waals surface area contributed by atoms with Crippen LogP contribution in [0.5, 0.6) is 0 Å². The Kier molecular flexibility index (Phi) is 3.79. The Morgan fingerprint density at radius 2 is 1.58 bits per heavy atom. The first-order chi connectivity index (χ1) is 9.19. The van der Waals surface area contributed by atoms with Crippen molar-refractivity contribution >= 4 is 17.3 Å². The molecule has 0 heterocycles. The fourth-order valence-electron chi connectivity index (χ4n) is 1.66. The van der Waals surface area contributed by atoms with Crippen LogP contribution in [0.3, 0.4) is 0 Å². The second kappa shape index (κ2) is 5.69. The third kappa shape index (κ3) is 3.33. The Balaban J connectivity index is 2.08. The molecule has 0 saturated heterocycles. The Labute approximate surface area is 110 Å². The second-order valence-corrected chi connectivity index (χ2v) is 4.04. The molecule has 4 nitrogen and oxygen atoms in total. The Morgan fingerprint density at radius 1 is 1.05 bits per heavy atom. The maximum absolute atomic E-state index is 10.7. The quantitative estimate of drug-likeness (QED) is 0.876. The zero-order valence-electron chi connectivity index (χ0n) is 10.1. The minimum Gasteiger partial charge on any atom is -0.478 e. The van der Waals surface area contributed by atoms with Crippen molar-refractivity contribution in [3.63, 3.8) is 0 Å². The number of nitrogens with zero attached hydrogens (tertiary/aromatic N) is 1. The van der Waals surface area contributed by atoms with Crippen LogP contribution in [0.25, 0.3) is 0 Å². The van der Waals surface area contributed by atoms with E-state index in [4.69, 9.17) is 10.4 Å². The largest absolute Gasteiger partial charge is 0.478 e. The molecule has 2 aromatic carbocycles. The molecule has 2 rings (SSSR count). The molecule has 0 aliphatic heterocycles. The average molecular weight is 252 g/mol. The van der Waals surface area contributed by atoms with Gasteiger partial charge >= 0.3 is 5.97 Å². The number of hydrogen-bond acceptors (Lipinski definition) is 3. The smallest absolute Gasteiger partial charge is 0.335 e. The number of nitrogens with one attached hydrogen (secondary N) is 1. The van der Waals surface area contributed by atoms with Crippen LogP contribution in [0.2, 0.25) is 0 Å². The summed E-state index contributed by atoms with van der Waals surface area (Å²) in [7, 11) is 0. The number of aromatic carboxylic acids is 1. The number of nitriles is 1. The van der Waals surface area contributed by atoms with Gasteiger partial charge in [-0.3, -0.25) is 0 Å². The maximum atomic E-state index is 10.7. The van der Waals surface area contributed by atoms with Crippen molar-refractivity contribution in [1.82, 2.24) is 0 Å². The third-order valence-electron chi connectivity index (χ3n) is 2.66. The highest BCUT2D eigenvalue weighted by molar-refractivity contribution is 5.88. The van der Waals surface area contributed by atoms with Crippen molar-refractivity contribution in [3.05, 3.63) is 59.7 Å². The van der Waals surface area contributed by atoms with E-state index in [-0.39, 0.29) is 5.56 Å². The SMILES string of the molecule is N#CCc1ccc(Nc2ccc(C(=O)O)cc2)cc1. The van der Waals surface area contributed by atoms with Gasteiger partial charge in [-0.2, -0.15) is 5.26 Å². The van der Waals surface area contributed by atoms with Gasteiger partial charge in [0.1, 0.15) is 0 Å². The lowest BCUT2D eigenvalue weighted by Gasteiger charge is -2.07. The van der Waals surface area contributed by atoms with Gasteiger partial charge in [0.2, 0.25) is 0 Å². The van der Waals surface area contributed by atoms with Gasteiger partial charge in [0.15, 0.2) is 0 Å². The molecule has 0 spiro atoms. The summed E-state index contributed by atoms with van der Waals surface area (Å²) in [5.74, 6) is -0.938. The molecule has 94 valence electrons. The summed E-state index contributed by atoms with van der Waals surface area (Å²) in [4.78, 5) is 10.7. The topological polar surface area (TPSA) is 73.1 Å². The van der Waals surface area contributed by atoms with Gasteiger partial charge in [-0.25, -0.2) is 4.79 Å². The summed E-state index contributed by atoms with van der Waals surface area (Å²) in [5.41, 5.74) is 2.94. The molecule has 0 aromatic heterocycles. The molecule has 2 aromatic rings. The van der Waals surface area contributed by atoms with Crippen molar-refractivity contribution in [3.8, 4) is 6.07 Å². The van der Waals surface area contributed by atoms with E-state index in [2.05, 4.69) is 11.4 Å². The first-order valence-corrected chi connectivity index (χ1v) is 5.75. The number of carboxylic acid groups (broad SMARTS) is 1. The fraction of sp³-hybridized carbons (Fsp3) is 0.0667. The van der Waals surface area contributed by atoms with Crippen LogP contribution in [0.15, 0.2) is 48.5 Å². The van der Waals surface area contributed by atoms with Crippen LogP contribution in [0.1, 0.15) is 15.9 Å². The Hall–Kier alpha value is -2.80. The average Bonchev–Trinajstić information content (AvgIpc) is 2.42. The Bertz CT molecular complexity index is 610. The van der Waals surface area contributed by atoms with E-state index in [0.29, 0.717) is 6.42 Å². The first kappa shape index (κ1) is 12.7. The monoisotopic (exact) mass is 252 g/mol. The zero-order chi connectivity index (χ0) is 13.7. The van der Waals surface area contributed by atoms with Crippen LogP contribution in [-0.4, -0.2) is 11.1 Å². The molecule has 2 N–H and O–H groups in total. The van der Waals surface area contributed by atoms with Crippen molar-refractivity contribution in [2.24, 2.45) is 0 Å². The third-order valence-corrected chi connectivity index (χ3v) is 2.66. The predicted octanol–water partition coefficient (Wildman–Crippen LogP) is 3.19. The summed E-state index contributed by atoms with van der Waals surface area (Å²) < 4.78 is 0. The number of anilines is 2. The second-order valence-electron chi connectivity index (χ2n) is 4.04. The number of carbonyl (C=O) groups is 1. The molecule has 4 heteroatoms. The molecular formula is C15H12N2O2. The van der Waals surface area contributed by atoms with E-state index in [1.807, 2.05) is 24.3 Å². The van der Waals surface area contributed by atoms with Crippen LogP contribution in [0.4, 0.5) is 11.4 Å². The van der Waals surface area contributed by atoms with Crippen molar-refractivity contribution in [1.29, 1.82) is 5.26 Å². The first-order valence-electron chi connectivity index (χ1n) is 5.75. The van der Waals surface area contributed by atoms with Crippen molar-refractivity contribution in [2.75, 3.05) is 5.32 Å². The normalized spacial score (nSPS) is 9.63. The summed E-state index contributed by atoms with van der Waals surface area (Å²) in [6.07, 6.45) is 0.396. The highest BCUT2D eigenvalue weighted by Crippen LogP contribution is 2.17. The predicted molar refractivity (Wildman–Crippen MR) is 72.4 cm³/mol. The minimum atomic E-state index is -0.938. The number of rotatable bonds is 4. The Morgan fingerprint density at radius 3 is 2.05 bits per heavy atom. The van der Waals surface area contributed by atoms with Crippen LogP contribution >= 0.6 is 0 Å². The molecule has 0 bridgehead atoms.